The standard InChI is InChI=1S/C22H23Cl2N3O2/c23-16-6-3-7-17(24)15(16)14-27-19-9-2-1-8-18(19)26-21(27)11-4-12-25-22(28)20-10-5-13-29-20/h1-3,6-9,20H,4-5,10-14H2,(H,25,28). The highest BCUT2D eigenvalue weighted by atomic mass is 35.5. The van der Waals surface area contributed by atoms with Gasteiger partial charge in [0.15, 0.2) is 0 Å². The molecule has 1 saturated heterocycles. The second kappa shape index (κ2) is 9.16. The number of nitrogens with zero attached hydrogens (tertiary/aromatic N) is 2. The van der Waals surface area contributed by atoms with Crippen LogP contribution in [0.4, 0.5) is 0 Å². The van der Waals surface area contributed by atoms with Gasteiger partial charge in [-0.05, 0) is 43.5 Å². The molecular weight excluding hydrogens is 409 g/mol. The van der Waals surface area contributed by atoms with Crippen LogP contribution in [0.5, 0.6) is 0 Å². The van der Waals surface area contributed by atoms with E-state index in [1.54, 1.807) is 0 Å². The summed E-state index contributed by atoms with van der Waals surface area (Å²) in [7, 11) is 0. The number of aryl methyl sites for hydroxylation is 1. The zero-order valence-corrected chi connectivity index (χ0v) is 17.5. The van der Waals surface area contributed by atoms with Gasteiger partial charge in [-0.1, -0.05) is 41.4 Å². The zero-order valence-electron chi connectivity index (χ0n) is 16.0. The van der Waals surface area contributed by atoms with Crippen molar-refractivity contribution in [1.82, 2.24) is 14.9 Å². The molecule has 1 fully saturated rings. The van der Waals surface area contributed by atoms with E-state index in [9.17, 15) is 4.79 Å². The normalized spacial score (nSPS) is 16.4. The van der Waals surface area contributed by atoms with Crippen LogP contribution in [0.2, 0.25) is 10.0 Å². The monoisotopic (exact) mass is 431 g/mol. The SMILES string of the molecule is O=C(NCCCc1nc2ccccc2n1Cc1c(Cl)cccc1Cl)C1CCCO1. The maximum Gasteiger partial charge on any atom is 0.249 e. The number of hydrogen-bond donors (Lipinski definition) is 1. The molecule has 3 aromatic rings. The molecule has 1 aliphatic heterocycles. The van der Waals surface area contributed by atoms with Crippen LogP contribution in [0.15, 0.2) is 42.5 Å². The lowest BCUT2D eigenvalue weighted by Gasteiger charge is -2.13. The third-order valence-corrected chi connectivity index (χ3v) is 5.92. The summed E-state index contributed by atoms with van der Waals surface area (Å²) in [4.78, 5) is 16.9. The van der Waals surface area contributed by atoms with E-state index in [1.165, 1.54) is 0 Å². The summed E-state index contributed by atoms with van der Waals surface area (Å²) in [6.45, 7) is 1.82. The molecule has 2 heterocycles. The molecule has 0 saturated carbocycles. The Kier molecular flexibility index (Phi) is 6.38. The lowest BCUT2D eigenvalue weighted by atomic mass is 10.2. The van der Waals surface area contributed by atoms with Gasteiger partial charge in [0.1, 0.15) is 11.9 Å². The van der Waals surface area contributed by atoms with Crippen molar-refractivity contribution in [2.45, 2.75) is 38.3 Å². The van der Waals surface area contributed by atoms with Crippen LogP contribution in [-0.4, -0.2) is 34.7 Å². The van der Waals surface area contributed by atoms with Crippen molar-refractivity contribution in [3.63, 3.8) is 0 Å². The quantitative estimate of drug-likeness (QED) is 0.555. The number of fused-ring (bicyclic) bond motifs is 1. The maximum atomic E-state index is 12.1. The Morgan fingerprint density at radius 1 is 1.17 bits per heavy atom. The number of rotatable bonds is 7. The molecule has 1 amide bonds. The molecule has 1 N–H and O–H groups in total. The predicted molar refractivity (Wildman–Crippen MR) is 116 cm³/mol. The fourth-order valence-electron chi connectivity index (χ4n) is 3.69. The van der Waals surface area contributed by atoms with Crippen LogP contribution < -0.4 is 5.32 Å². The Morgan fingerprint density at radius 3 is 2.72 bits per heavy atom. The van der Waals surface area contributed by atoms with E-state index >= 15 is 0 Å². The molecule has 1 aliphatic rings. The van der Waals surface area contributed by atoms with E-state index < -0.39 is 0 Å². The molecule has 2 aromatic carbocycles. The first-order valence-electron chi connectivity index (χ1n) is 9.90. The highest BCUT2D eigenvalue weighted by Gasteiger charge is 2.23. The fourth-order valence-corrected chi connectivity index (χ4v) is 4.21. The summed E-state index contributed by atoms with van der Waals surface area (Å²) in [6, 6.07) is 13.6. The minimum atomic E-state index is -0.290. The van der Waals surface area contributed by atoms with Crippen LogP contribution in [0.25, 0.3) is 11.0 Å². The first-order valence-corrected chi connectivity index (χ1v) is 10.7. The first kappa shape index (κ1) is 20.2. The van der Waals surface area contributed by atoms with Crippen molar-refractivity contribution < 1.29 is 9.53 Å². The highest BCUT2D eigenvalue weighted by molar-refractivity contribution is 6.36. The van der Waals surface area contributed by atoms with Crippen molar-refractivity contribution in [1.29, 1.82) is 0 Å². The molecule has 5 nitrogen and oxygen atoms in total. The largest absolute Gasteiger partial charge is 0.368 e. The summed E-state index contributed by atoms with van der Waals surface area (Å²) in [5.74, 6) is 0.937. The van der Waals surface area contributed by atoms with Crippen LogP contribution in [0.3, 0.4) is 0 Å². The summed E-state index contributed by atoms with van der Waals surface area (Å²) in [6.07, 6.45) is 3.00. The zero-order chi connectivity index (χ0) is 20.2. The lowest BCUT2D eigenvalue weighted by Crippen LogP contribution is -2.34. The minimum absolute atomic E-state index is 0.0150. The average Bonchev–Trinajstić information content (AvgIpc) is 3.36. The van der Waals surface area contributed by atoms with E-state index in [1.807, 2.05) is 36.4 Å². The molecule has 0 bridgehead atoms. The van der Waals surface area contributed by atoms with Gasteiger partial charge in [-0.15, -0.1) is 0 Å². The Balaban J connectivity index is 1.48. The summed E-state index contributed by atoms with van der Waals surface area (Å²) in [5.41, 5.74) is 2.86. The number of imidazole rings is 1. The van der Waals surface area contributed by atoms with Crippen molar-refractivity contribution in [2.24, 2.45) is 0 Å². The third-order valence-electron chi connectivity index (χ3n) is 5.21. The van der Waals surface area contributed by atoms with Gasteiger partial charge in [-0.2, -0.15) is 0 Å². The van der Waals surface area contributed by atoms with E-state index in [2.05, 4.69) is 16.0 Å². The van der Waals surface area contributed by atoms with Crippen LogP contribution >= 0.6 is 23.2 Å². The maximum absolute atomic E-state index is 12.1. The predicted octanol–water partition coefficient (Wildman–Crippen LogP) is 4.62. The molecule has 1 unspecified atom stereocenters. The number of halogens is 2. The molecule has 0 radical (unpaired) electrons. The minimum Gasteiger partial charge on any atom is -0.368 e. The van der Waals surface area contributed by atoms with Gasteiger partial charge in [0.2, 0.25) is 5.91 Å². The van der Waals surface area contributed by atoms with E-state index in [4.69, 9.17) is 32.9 Å². The van der Waals surface area contributed by atoms with E-state index in [-0.39, 0.29) is 12.0 Å². The van der Waals surface area contributed by atoms with Gasteiger partial charge in [0.25, 0.3) is 0 Å². The van der Waals surface area contributed by atoms with Gasteiger partial charge >= 0.3 is 0 Å². The fraction of sp³-hybridized carbons (Fsp3) is 0.364. The van der Waals surface area contributed by atoms with Gasteiger partial charge in [0, 0.05) is 35.2 Å². The van der Waals surface area contributed by atoms with Crippen LogP contribution in [0.1, 0.15) is 30.7 Å². The second-order valence-corrected chi connectivity index (χ2v) is 8.01. The third kappa shape index (κ3) is 4.58. The number of nitrogens with one attached hydrogen (secondary N) is 1. The highest BCUT2D eigenvalue weighted by Crippen LogP contribution is 2.27. The molecule has 152 valence electrons. The van der Waals surface area contributed by atoms with E-state index in [0.717, 1.165) is 48.1 Å². The Morgan fingerprint density at radius 2 is 1.97 bits per heavy atom. The number of ether oxygens (including phenoxy) is 1. The molecule has 7 heteroatoms. The van der Waals surface area contributed by atoms with Crippen molar-refractivity contribution in [2.75, 3.05) is 13.2 Å². The number of aromatic nitrogens is 2. The average molecular weight is 432 g/mol. The van der Waals surface area contributed by atoms with Crippen molar-refractivity contribution in [3.8, 4) is 0 Å². The summed E-state index contributed by atoms with van der Waals surface area (Å²) < 4.78 is 7.58. The number of amides is 1. The Bertz CT molecular complexity index is 992. The van der Waals surface area contributed by atoms with E-state index in [0.29, 0.717) is 29.7 Å². The Hall–Kier alpha value is -2.08. The molecule has 4 rings (SSSR count). The van der Waals surface area contributed by atoms with Gasteiger partial charge in [-0.3, -0.25) is 4.79 Å². The number of hydrogen-bond acceptors (Lipinski definition) is 3. The number of benzene rings is 2. The smallest absolute Gasteiger partial charge is 0.249 e. The molecule has 1 aromatic heterocycles. The lowest BCUT2D eigenvalue weighted by molar-refractivity contribution is -0.130. The van der Waals surface area contributed by atoms with Crippen molar-refractivity contribution in [3.05, 3.63) is 63.9 Å². The molecule has 0 aliphatic carbocycles. The summed E-state index contributed by atoms with van der Waals surface area (Å²) >= 11 is 12.8. The topological polar surface area (TPSA) is 56.2 Å². The van der Waals surface area contributed by atoms with Gasteiger partial charge < -0.3 is 14.6 Å². The molecule has 29 heavy (non-hydrogen) atoms. The molecule has 0 spiro atoms. The van der Waals surface area contributed by atoms with Gasteiger partial charge in [-0.25, -0.2) is 4.98 Å². The number of carbonyl (C=O) groups is 1. The van der Waals surface area contributed by atoms with Gasteiger partial charge in [0.05, 0.1) is 17.6 Å². The second-order valence-electron chi connectivity index (χ2n) is 7.20. The molecule has 1 atom stereocenters. The van der Waals surface area contributed by atoms with Crippen molar-refractivity contribution >= 4 is 40.1 Å². The number of carbonyl (C=O) groups excluding carboxylic acids is 1. The van der Waals surface area contributed by atoms with Crippen LogP contribution in [-0.2, 0) is 22.5 Å². The first-order chi connectivity index (χ1) is 14.1. The number of para-hydroxylation sites is 2. The van der Waals surface area contributed by atoms with Crippen LogP contribution in [0, 0.1) is 0 Å². The Labute approximate surface area is 180 Å². The molecular formula is C22H23Cl2N3O2. The summed E-state index contributed by atoms with van der Waals surface area (Å²) in [5, 5.41) is 4.26.